The van der Waals surface area contributed by atoms with E-state index in [0.717, 1.165) is 12.5 Å². The van der Waals surface area contributed by atoms with Gasteiger partial charge in [-0.15, -0.1) is 24.0 Å². The summed E-state index contributed by atoms with van der Waals surface area (Å²) >= 11 is 0. The van der Waals surface area contributed by atoms with Crippen molar-refractivity contribution in [2.24, 2.45) is 4.99 Å². The second-order valence-electron chi connectivity index (χ2n) is 6.99. The molecule has 0 unspecified atom stereocenters. The van der Waals surface area contributed by atoms with E-state index in [2.05, 4.69) is 48.1 Å². The van der Waals surface area contributed by atoms with E-state index in [1.54, 1.807) is 14.0 Å². The van der Waals surface area contributed by atoms with E-state index in [1.165, 1.54) is 0 Å². The molecule has 1 fully saturated rings. The summed E-state index contributed by atoms with van der Waals surface area (Å²) in [6, 6.07) is 0.186. The summed E-state index contributed by atoms with van der Waals surface area (Å²) in [4.78, 5) is 25.0. The summed E-state index contributed by atoms with van der Waals surface area (Å²) in [7, 11) is 1.73. The number of halogens is 1. The third-order valence-electron chi connectivity index (χ3n) is 4.04. The number of hydrogen-bond donors (Lipinski definition) is 1. The molecule has 0 saturated carbocycles. The Morgan fingerprint density at radius 1 is 1.44 bits per heavy atom. The number of piperazine rings is 1. The van der Waals surface area contributed by atoms with E-state index in [0.29, 0.717) is 31.2 Å². The number of rotatable bonds is 4. The van der Waals surface area contributed by atoms with Crippen molar-refractivity contribution in [1.29, 1.82) is 0 Å². The first kappa shape index (κ1) is 21.7. The summed E-state index contributed by atoms with van der Waals surface area (Å²) in [6.45, 7) is 11.8. The average Bonchev–Trinajstić information content (AvgIpc) is 2.86. The lowest BCUT2D eigenvalue weighted by molar-refractivity contribution is -0.145. The number of nitrogens with zero attached hydrogens (tertiary/aromatic N) is 5. The first-order valence-electron chi connectivity index (χ1n) is 8.31. The number of aryl methyl sites for hydroxylation is 1. The highest BCUT2D eigenvalue weighted by Gasteiger charge is 2.40. The highest BCUT2D eigenvalue weighted by atomic mass is 127. The van der Waals surface area contributed by atoms with Crippen molar-refractivity contribution in [1.82, 2.24) is 25.3 Å². The van der Waals surface area contributed by atoms with Gasteiger partial charge in [0.2, 0.25) is 11.8 Å². The fraction of sp³-hybridized carbons (Fsp3) is 0.750. The molecule has 2 rings (SSSR count). The molecular formula is C16H29IN6O2. The quantitative estimate of drug-likeness (QED) is 0.413. The van der Waals surface area contributed by atoms with Crippen LogP contribution in [-0.2, 0) is 11.2 Å². The molecule has 25 heavy (non-hydrogen) atoms. The molecule has 1 aliphatic heterocycles. The average molecular weight is 464 g/mol. The van der Waals surface area contributed by atoms with Gasteiger partial charge in [0, 0.05) is 32.6 Å². The Labute approximate surface area is 166 Å². The van der Waals surface area contributed by atoms with Crippen LogP contribution in [0.25, 0.3) is 0 Å². The highest BCUT2D eigenvalue weighted by Crippen LogP contribution is 2.24. The molecule has 142 valence electrons. The van der Waals surface area contributed by atoms with Gasteiger partial charge in [-0.05, 0) is 34.6 Å². The maximum absolute atomic E-state index is 12.5. The van der Waals surface area contributed by atoms with Crippen LogP contribution in [0.15, 0.2) is 9.52 Å². The Bertz CT molecular complexity index is 614. The molecule has 1 N–H and O–H groups in total. The van der Waals surface area contributed by atoms with Gasteiger partial charge in [0.25, 0.3) is 0 Å². The van der Waals surface area contributed by atoms with Crippen molar-refractivity contribution >= 4 is 35.8 Å². The van der Waals surface area contributed by atoms with E-state index < -0.39 is 0 Å². The van der Waals surface area contributed by atoms with Crippen LogP contribution in [0.1, 0.15) is 39.4 Å². The van der Waals surface area contributed by atoms with Gasteiger partial charge in [-0.3, -0.25) is 9.79 Å². The van der Waals surface area contributed by atoms with Crippen LogP contribution in [-0.4, -0.2) is 70.1 Å². The molecule has 1 aromatic heterocycles. The van der Waals surface area contributed by atoms with Crippen molar-refractivity contribution in [3.8, 4) is 0 Å². The number of hydrogen-bond acceptors (Lipinski definition) is 5. The van der Waals surface area contributed by atoms with Gasteiger partial charge in [0.1, 0.15) is 0 Å². The number of aliphatic imine (C=N–C) groups is 1. The maximum atomic E-state index is 12.5. The van der Waals surface area contributed by atoms with Crippen molar-refractivity contribution in [3.63, 3.8) is 0 Å². The number of aromatic nitrogens is 2. The van der Waals surface area contributed by atoms with Gasteiger partial charge < -0.3 is 19.6 Å². The molecule has 9 heteroatoms. The first-order chi connectivity index (χ1) is 11.2. The van der Waals surface area contributed by atoms with Crippen molar-refractivity contribution in [2.45, 2.75) is 52.6 Å². The molecule has 1 saturated heterocycles. The lowest BCUT2D eigenvalue weighted by Crippen LogP contribution is -2.66. The van der Waals surface area contributed by atoms with Crippen LogP contribution in [0.4, 0.5) is 0 Å². The van der Waals surface area contributed by atoms with Gasteiger partial charge in [-0.25, -0.2) is 0 Å². The Hall–Kier alpha value is -1.39. The number of amides is 1. The van der Waals surface area contributed by atoms with Crippen LogP contribution in [0, 0.1) is 6.92 Å². The van der Waals surface area contributed by atoms with Crippen molar-refractivity contribution < 1.29 is 9.32 Å². The van der Waals surface area contributed by atoms with Gasteiger partial charge in [0.05, 0.1) is 12.1 Å². The molecule has 1 aliphatic rings. The number of carbonyl (C=O) groups excluding carboxylic acids is 1. The zero-order valence-corrected chi connectivity index (χ0v) is 18.2. The van der Waals surface area contributed by atoms with Crippen LogP contribution < -0.4 is 5.32 Å². The van der Waals surface area contributed by atoms with E-state index in [9.17, 15) is 4.79 Å². The zero-order valence-electron chi connectivity index (χ0n) is 15.9. The summed E-state index contributed by atoms with van der Waals surface area (Å²) in [5, 5.41) is 7.05. The smallest absolute Gasteiger partial charge is 0.242 e. The normalized spacial score (nSPS) is 17.7. The largest absolute Gasteiger partial charge is 0.356 e. The fourth-order valence-electron chi connectivity index (χ4n) is 3.37. The Balaban J connectivity index is 0.00000312. The van der Waals surface area contributed by atoms with Crippen LogP contribution in [0.5, 0.6) is 0 Å². The number of nitrogens with one attached hydrogen (secondary N) is 1. The van der Waals surface area contributed by atoms with Gasteiger partial charge >= 0.3 is 0 Å². The molecule has 0 bridgehead atoms. The first-order valence-corrected chi connectivity index (χ1v) is 8.31. The minimum atomic E-state index is -0.245. The van der Waals surface area contributed by atoms with E-state index in [-0.39, 0.29) is 41.5 Å². The van der Waals surface area contributed by atoms with E-state index in [1.807, 2.05) is 9.80 Å². The second kappa shape index (κ2) is 8.81. The zero-order chi connectivity index (χ0) is 17.9. The Kier molecular flexibility index (Phi) is 7.63. The molecule has 0 radical (unpaired) electrons. The Morgan fingerprint density at radius 2 is 2.12 bits per heavy atom. The number of guanidine groups is 1. The van der Waals surface area contributed by atoms with Crippen molar-refractivity contribution in [3.05, 3.63) is 11.7 Å². The van der Waals surface area contributed by atoms with Gasteiger partial charge in [-0.1, -0.05) is 5.16 Å². The van der Waals surface area contributed by atoms with E-state index in [4.69, 9.17) is 4.52 Å². The molecule has 1 amide bonds. The minimum Gasteiger partial charge on any atom is -0.356 e. The summed E-state index contributed by atoms with van der Waals surface area (Å²) in [5.74, 6) is 2.07. The summed E-state index contributed by atoms with van der Waals surface area (Å²) in [6.07, 6.45) is 0.614. The molecule has 0 spiro atoms. The topological polar surface area (TPSA) is 86.9 Å². The summed E-state index contributed by atoms with van der Waals surface area (Å²) < 4.78 is 5.10. The van der Waals surface area contributed by atoms with Crippen LogP contribution in [0.2, 0.25) is 0 Å². The molecule has 8 nitrogen and oxygen atoms in total. The van der Waals surface area contributed by atoms with Gasteiger partial charge in [-0.2, -0.15) is 4.98 Å². The second-order valence-corrected chi connectivity index (χ2v) is 6.99. The molecular weight excluding hydrogens is 435 g/mol. The predicted molar refractivity (Wildman–Crippen MR) is 107 cm³/mol. The SMILES string of the molecule is CN=C(NCCc1nc(C)no1)N1CC(=O)N(C(C)C)C(C)(C)C1.I. The third kappa shape index (κ3) is 5.29. The van der Waals surface area contributed by atoms with E-state index >= 15 is 0 Å². The molecule has 2 heterocycles. The third-order valence-corrected chi connectivity index (χ3v) is 4.04. The van der Waals surface area contributed by atoms with Crippen LogP contribution in [0.3, 0.4) is 0 Å². The lowest BCUT2D eigenvalue weighted by Gasteiger charge is -2.49. The van der Waals surface area contributed by atoms with Gasteiger partial charge in [0.15, 0.2) is 11.8 Å². The monoisotopic (exact) mass is 464 g/mol. The number of carbonyl (C=O) groups is 1. The standard InChI is InChI=1S/C16H28N6O2.HI/c1-11(2)22-14(23)9-21(10-16(22,4)5)15(17-6)18-8-7-13-19-12(3)20-24-13;/h11H,7-10H2,1-6H3,(H,17,18);1H. The highest BCUT2D eigenvalue weighted by molar-refractivity contribution is 14.0. The molecule has 1 aromatic rings. The fourth-order valence-corrected chi connectivity index (χ4v) is 3.37. The minimum absolute atomic E-state index is 0. The van der Waals surface area contributed by atoms with Crippen LogP contribution >= 0.6 is 24.0 Å². The predicted octanol–water partition coefficient (Wildman–Crippen LogP) is 1.45. The molecule has 0 atom stereocenters. The lowest BCUT2D eigenvalue weighted by atomic mass is 9.96. The summed E-state index contributed by atoms with van der Waals surface area (Å²) in [5.41, 5.74) is -0.245. The maximum Gasteiger partial charge on any atom is 0.242 e. The molecule has 0 aliphatic carbocycles. The Morgan fingerprint density at radius 3 is 2.60 bits per heavy atom. The van der Waals surface area contributed by atoms with Crippen molar-refractivity contribution in [2.75, 3.05) is 26.7 Å². The molecule has 0 aromatic carbocycles.